The molecule has 2 aromatic rings. The van der Waals surface area contributed by atoms with E-state index in [2.05, 4.69) is 4.98 Å². The Morgan fingerprint density at radius 3 is 2.65 bits per heavy atom. The van der Waals surface area contributed by atoms with Gasteiger partial charge < -0.3 is 5.11 Å². The number of rotatable bonds is 3. The van der Waals surface area contributed by atoms with Crippen molar-refractivity contribution in [2.45, 2.75) is 32.7 Å². The van der Waals surface area contributed by atoms with Gasteiger partial charge in [0.05, 0.1) is 11.2 Å². The number of benzene rings is 1. The van der Waals surface area contributed by atoms with Gasteiger partial charge in [-0.3, -0.25) is 24.7 Å². The fraction of sp³-hybridized carbons (Fsp3) is 0.421. The van der Waals surface area contributed by atoms with Crippen LogP contribution in [0.3, 0.4) is 0 Å². The van der Waals surface area contributed by atoms with Gasteiger partial charge >= 0.3 is 6.09 Å². The highest BCUT2D eigenvalue weighted by molar-refractivity contribution is 5.93. The monoisotopic (exact) mass is 356 g/mol. The first-order chi connectivity index (χ1) is 12.3. The normalized spacial score (nSPS) is 14.7. The highest BCUT2D eigenvalue weighted by atomic mass is 16.4. The van der Waals surface area contributed by atoms with E-state index in [4.69, 9.17) is 0 Å². The van der Waals surface area contributed by atoms with E-state index < -0.39 is 11.6 Å². The number of aromatic nitrogens is 1. The van der Waals surface area contributed by atoms with Crippen molar-refractivity contribution in [2.75, 3.05) is 24.6 Å². The molecule has 0 spiro atoms. The molecule has 2 heterocycles. The Balaban J connectivity index is 1.88. The third kappa shape index (κ3) is 3.42. The SMILES string of the molecule is CC(C)(C)N(CC(=O)N1CCCN1c1cccc2ncccc12)C(=O)O. The zero-order valence-corrected chi connectivity index (χ0v) is 15.3. The number of pyridine rings is 1. The number of nitrogens with zero attached hydrogens (tertiary/aromatic N) is 4. The molecular weight excluding hydrogens is 332 g/mol. The summed E-state index contributed by atoms with van der Waals surface area (Å²) in [5.41, 5.74) is 1.14. The molecule has 0 radical (unpaired) electrons. The topological polar surface area (TPSA) is 77.0 Å². The Morgan fingerprint density at radius 1 is 1.19 bits per heavy atom. The number of hydrogen-bond acceptors (Lipinski definition) is 4. The number of anilines is 1. The Labute approximate surface area is 152 Å². The highest BCUT2D eigenvalue weighted by Gasteiger charge is 2.33. The molecule has 1 aromatic heterocycles. The zero-order chi connectivity index (χ0) is 18.9. The second kappa shape index (κ2) is 6.82. The Bertz CT molecular complexity index is 826. The zero-order valence-electron chi connectivity index (χ0n) is 15.3. The summed E-state index contributed by atoms with van der Waals surface area (Å²) in [4.78, 5) is 30.0. The quantitative estimate of drug-likeness (QED) is 0.915. The van der Waals surface area contributed by atoms with Gasteiger partial charge in [0.15, 0.2) is 0 Å². The molecule has 1 aromatic carbocycles. The van der Waals surface area contributed by atoms with Crippen molar-refractivity contribution in [1.29, 1.82) is 0 Å². The van der Waals surface area contributed by atoms with Crippen LogP contribution in [-0.2, 0) is 4.79 Å². The predicted molar refractivity (Wildman–Crippen MR) is 99.9 cm³/mol. The van der Waals surface area contributed by atoms with E-state index in [1.807, 2.05) is 35.3 Å². The first-order valence-corrected chi connectivity index (χ1v) is 8.71. The maximum Gasteiger partial charge on any atom is 0.408 e. The van der Waals surface area contributed by atoms with Gasteiger partial charge in [-0.15, -0.1) is 0 Å². The summed E-state index contributed by atoms with van der Waals surface area (Å²) in [6.07, 6.45) is 1.49. The number of carbonyl (C=O) groups excluding carboxylic acids is 1. The van der Waals surface area contributed by atoms with Gasteiger partial charge in [-0.2, -0.15) is 0 Å². The van der Waals surface area contributed by atoms with Crippen LogP contribution >= 0.6 is 0 Å². The molecule has 1 fully saturated rings. The van der Waals surface area contributed by atoms with E-state index >= 15 is 0 Å². The molecule has 7 heteroatoms. The molecule has 138 valence electrons. The molecule has 1 N–H and O–H groups in total. The van der Waals surface area contributed by atoms with E-state index in [-0.39, 0.29) is 12.5 Å². The van der Waals surface area contributed by atoms with Crippen molar-refractivity contribution in [3.8, 4) is 0 Å². The average molecular weight is 356 g/mol. The maximum absolute atomic E-state index is 12.9. The third-order valence-electron chi connectivity index (χ3n) is 4.55. The highest BCUT2D eigenvalue weighted by Crippen LogP contribution is 2.29. The first kappa shape index (κ1) is 18.0. The second-order valence-corrected chi connectivity index (χ2v) is 7.38. The van der Waals surface area contributed by atoms with Crippen LogP contribution in [0.2, 0.25) is 0 Å². The molecule has 1 aliphatic rings. The fourth-order valence-electron chi connectivity index (χ4n) is 3.24. The number of carbonyl (C=O) groups is 2. The van der Waals surface area contributed by atoms with E-state index in [0.29, 0.717) is 13.1 Å². The molecule has 0 unspecified atom stereocenters. The molecule has 7 nitrogen and oxygen atoms in total. The number of hydrogen-bond donors (Lipinski definition) is 1. The number of amides is 2. The van der Waals surface area contributed by atoms with Crippen LogP contribution < -0.4 is 5.01 Å². The van der Waals surface area contributed by atoms with Gasteiger partial charge in [0.25, 0.3) is 5.91 Å². The standard InChI is InChI=1S/C19H24N4O3/c1-19(2,3)21(18(25)26)13-17(24)23-12-6-11-22(23)16-9-4-8-15-14(16)7-5-10-20-15/h4-5,7-10H,6,11-13H2,1-3H3,(H,25,26). The molecule has 2 amide bonds. The van der Waals surface area contributed by atoms with Crippen LogP contribution in [0, 0.1) is 0 Å². The summed E-state index contributed by atoms with van der Waals surface area (Å²) in [7, 11) is 0. The van der Waals surface area contributed by atoms with Crippen molar-refractivity contribution in [3.63, 3.8) is 0 Å². The maximum atomic E-state index is 12.9. The lowest BCUT2D eigenvalue weighted by atomic mass is 10.1. The number of carboxylic acid groups (broad SMARTS) is 1. The van der Waals surface area contributed by atoms with Crippen molar-refractivity contribution in [1.82, 2.24) is 14.9 Å². The minimum absolute atomic E-state index is 0.168. The summed E-state index contributed by atoms with van der Waals surface area (Å²) in [6, 6.07) is 9.68. The van der Waals surface area contributed by atoms with Crippen molar-refractivity contribution in [2.24, 2.45) is 0 Å². The molecule has 0 saturated carbocycles. The first-order valence-electron chi connectivity index (χ1n) is 8.71. The summed E-state index contributed by atoms with van der Waals surface area (Å²) in [6.45, 7) is 6.47. The number of fused-ring (bicyclic) bond motifs is 1. The van der Waals surface area contributed by atoms with Gasteiger partial charge in [0, 0.05) is 30.2 Å². The van der Waals surface area contributed by atoms with Gasteiger partial charge in [-0.25, -0.2) is 4.79 Å². The van der Waals surface area contributed by atoms with Crippen molar-refractivity contribution < 1.29 is 14.7 Å². The van der Waals surface area contributed by atoms with Gasteiger partial charge in [-0.1, -0.05) is 6.07 Å². The van der Waals surface area contributed by atoms with Crippen LogP contribution in [0.1, 0.15) is 27.2 Å². The minimum Gasteiger partial charge on any atom is -0.465 e. The molecule has 26 heavy (non-hydrogen) atoms. The van der Waals surface area contributed by atoms with Crippen LogP contribution in [0.4, 0.5) is 10.5 Å². The largest absolute Gasteiger partial charge is 0.465 e. The van der Waals surface area contributed by atoms with Crippen LogP contribution in [0.5, 0.6) is 0 Å². The third-order valence-corrected chi connectivity index (χ3v) is 4.55. The van der Waals surface area contributed by atoms with E-state index in [1.54, 1.807) is 32.0 Å². The Hall–Kier alpha value is -2.83. The van der Waals surface area contributed by atoms with Crippen molar-refractivity contribution in [3.05, 3.63) is 36.5 Å². The fourth-order valence-corrected chi connectivity index (χ4v) is 3.24. The number of hydrazine groups is 1. The van der Waals surface area contributed by atoms with E-state index in [0.717, 1.165) is 23.0 Å². The van der Waals surface area contributed by atoms with Crippen LogP contribution in [0.25, 0.3) is 10.9 Å². The van der Waals surface area contributed by atoms with E-state index in [1.165, 1.54) is 4.90 Å². The summed E-state index contributed by atoms with van der Waals surface area (Å²) in [5, 5.41) is 14.0. The lowest BCUT2D eigenvalue weighted by Crippen LogP contribution is -2.52. The van der Waals surface area contributed by atoms with Gasteiger partial charge in [0.1, 0.15) is 6.54 Å². The smallest absolute Gasteiger partial charge is 0.408 e. The summed E-state index contributed by atoms with van der Waals surface area (Å²) < 4.78 is 0. The molecule has 0 aliphatic carbocycles. The molecule has 3 rings (SSSR count). The molecule has 1 aliphatic heterocycles. The molecule has 1 saturated heterocycles. The Morgan fingerprint density at radius 2 is 1.96 bits per heavy atom. The van der Waals surface area contributed by atoms with E-state index in [9.17, 15) is 14.7 Å². The Kier molecular flexibility index (Phi) is 4.71. The second-order valence-electron chi connectivity index (χ2n) is 7.38. The molecule has 0 bridgehead atoms. The van der Waals surface area contributed by atoms with Crippen LogP contribution in [-0.4, -0.2) is 57.2 Å². The lowest BCUT2D eigenvalue weighted by molar-refractivity contribution is -0.132. The molecule has 0 atom stereocenters. The summed E-state index contributed by atoms with van der Waals surface area (Å²) >= 11 is 0. The van der Waals surface area contributed by atoms with Crippen LogP contribution in [0.15, 0.2) is 36.5 Å². The molecular formula is C19H24N4O3. The average Bonchev–Trinajstić information content (AvgIpc) is 3.07. The lowest BCUT2D eigenvalue weighted by Gasteiger charge is -2.36. The predicted octanol–water partition coefficient (Wildman–Crippen LogP) is 2.97. The summed E-state index contributed by atoms with van der Waals surface area (Å²) in [5.74, 6) is -0.222. The van der Waals surface area contributed by atoms with Gasteiger partial charge in [0.2, 0.25) is 0 Å². The van der Waals surface area contributed by atoms with Crippen molar-refractivity contribution >= 4 is 28.6 Å². The minimum atomic E-state index is -1.09. The van der Waals surface area contributed by atoms with Gasteiger partial charge in [-0.05, 0) is 51.5 Å².